The summed E-state index contributed by atoms with van der Waals surface area (Å²) in [4.78, 5) is 13.3. The molecular weight excluding hydrogens is 290 g/mol. The maximum atomic E-state index is 6.14. The number of halogens is 1. The molecule has 1 unspecified atom stereocenters. The summed E-state index contributed by atoms with van der Waals surface area (Å²) in [5, 5.41) is 3.60. The van der Waals surface area contributed by atoms with Crippen LogP contribution < -0.4 is 10.2 Å². The van der Waals surface area contributed by atoms with E-state index < -0.39 is 0 Å². The van der Waals surface area contributed by atoms with Crippen LogP contribution in [0.15, 0.2) is 6.33 Å². The standard InChI is InChI=1S/C14H22ClN5O/c1-16-12-13(15)17-10-18-14(12)20-3-2-11(9-20)8-19-4-6-21-7-5-19/h10-11,16H,2-9H2,1H3. The smallest absolute Gasteiger partial charge is 0.157 e. The Labute approximate surface area is 130 Å². The maximum Gasteiger partial charge on any atom is 0.157 e. The van der Waals surface area contributed by atoms with Crippen molar-refractivity contribution in [2.45, 2.75) is 6.42 Å². The van der Waals surface area contributed by atoms with E-state index in [1.165, 1.54) is 12.7 Å². The number of hydrogen-bond acceptors (Lipinski definition) is 6. The zero-order valence-corrected chi connectivity index (χ0v) is 13.1. The minimum atomic E-state index is 0.485. The summed E-state index contributed by atoms with van der Waals surface area (Å²) in [5.74, 6) is 1.60. The first-order valence-electron chi connectivity index (χ1n) is 7.51. The molecule has 6 nitrogen and oxygen atoms in total. The Morgan fingerprint density at radius 2 is 2.14 bits per heavy atom. The van der Waals surface area contributed by atoms with Crippen LogP contribution in [0.1, 0.15) is 6.42 Å². The van der Waals surface area contributed by atoms with Crippen LogP contribution >= 0.6 is 11.6 Å². The Bertz CT molecular complexity index is 480. The van der Waals surface area contributed by atoms with Crippen molar-refractivity contribution in [2.24, 2.45) is 5.92 Å². The molecule has 0 bridgehead atoms. The third-order valence-corrected chi connectivity index (χ3v) is 4.52. The van der Waals surface area contributed by atoms with Crippen molar-refractivity contribution in [1.29, 1.82) is 0 Å². The predicted molar refractivity (Wildman–Crippen MR) is 84.2 cm³/mol. The fourth-order valence-electron chi connectivity index (χ4n) is 3.13. The van der Waals surface area contributed by atoms with E-state index in [0.29, 0.717) is 11.1 Å². The normalized spacial score (nSPS) is 23.5. The zero-order chi connectivity index (χ0) is 14.7. The molecule has 1 N–H and O–H groups in total. The highest BCUT2D eigenvalue weighted by Crippen LogP contribution is 2.32. The van der Waals surface area contributed by atoms with E-state index in [1.54, 1.807) is 0 Å². The van der Waals surface area contributed by atoms with Gasteiger partial charge in [-0.05, 0) is 12.3 Å². The summed E-state index contributed by atoms with van der Waals surface area (Å²) in [5.41, 5.74) is 0.825. The largest absolute Gasteiger partial charge is 0.383 e. The van der Waals surface area contributed by atoms with Crippen LogP contribution in [-0.2, 0) is 4.74 Å². The van der Waals surface area contributed by atoms with Gasteiger partial charge in [-0.2, -0.15) is 0 Å². The van der Waals surface area contributed by atoms with Crippen LogP contribution in [0.3, 0.4) is 0 Å². The van der Waals surface area contributed by atoms with Gasteiger partial charge in [0.05, 0.1) is 13.2 Å². The number of hydrogen-bond donors (Lipinski definition) is 1. The molecule has 0 spiro atoms. The Morgan fingerprint density at radius 1 is 1.33 bits per heavy atom. The van der Waals surface area contributed by atoms with Crippen LogP contribution in [0.5, 0.6) is 0 Å². The molecule has 1 aromatic rings. The molecule has 2 saturated heterocycles. The highest BCUT2D eigenvalue weighted by atomic mass is 35.5. The van der Waals surface area contributed by atoms with Crippen molar-refractivity contribution in [2.75, 3.05) is 63.2 Å². The molecule has 0 saturated carbocycles. The lowest BCUT2D eigenvalue weighted by molar-refractivity contribution is 0.0320. The molecule has 21 heavy (non-hydrogen) atoms. The van der Waals surface area contributed by atoms with Crippen LogP contribution in [0.2, 0.25) is 5.15 Å². The van der Waals surface area contributed by atoms with E-state index in [9.17, 15) is 0 Å². The first-order chi connectivity index (χ1) is 10.3. The first kappa shape index (κ1) is 14.8. The predicted octanol–water partition coefficient (Wildman–Crippen LogP) is 1.33. The third kappa shape index (κ3) is 3.39. The number of aromatic nitrogens is 2. The summed E-state index contributed by atoms with van der Waals surface area (Å²) in [6.07, 6.45) is 2.73. The average molecular weight is 312 g/mol. The highest BCUT2D eigenvalue weighted by molar-refractivity contribution is 6.32. The van der Waals surface area contributed by atoms with Gasteiger partial charge in [-0.25, -0.2) is 9.97 Å². The molecule has 0 aliphatic carbocycles. The molecule has 2 aliphatic rings. The van der Waals surface area contributed by atoms with E-state index in [4.69, 9.17) is 16.3 Å². The van der Waals surface area contributed by atoms with E-state index in [0.717, 1.165) is 57.4 Å². The maximum absolute atomic E-state index is 6.14. The summed E-state index contributed by atoms with van der Waals surface area (Å²) in [7, 11) is 1.86. The van der Waals surface area contributed by atoms with Gasteiger partial charge in [0.2, 0.25) is 0 Å². The van der Waals surface area contributed by atoms with Gasteiger partial charge in [-0.1, -0.05) is 11.6 Å². The molecule has 0 aromatic carbocycles. The van der Waals surface area contributed by atoms with Crippen molar-refractivity contribution in [3.8, 4) is 0 Å². The molecule has 0 radical (unpaired) electrons. The third-order valence-electron chi connectivity index (χ3n) is 4.24. The minimum absolute atomic E-state index is 0.485. The Morgan fingerprint density at radius 3 is 2.90 bits per heavy atom. The lowest BCUT2D eigenvalue weighted by atomic mass is 10.1. The summed E-state index contributed by atoms with van der Waals surface area (Å²) in [6.45, 7) is 7.03. The van der Waals surface area contributed by atoms with Crippen LogP contribution in [0.4, 0.5) is 11.5 Å². The quantitative estimate of drug-likeness (QED) is 0.847. The van der Waals surface area contributed by atoms with Gasteiger partial charge in [-0.15, -0.1) is 0 Å². The lowest BCUT2D eigenvalue weighted by Crippen LogP contribution is -2.40. The van der Waals surface area contributed by atoms with Crippen molar-refractivity contribution in [3.63, 3.8) is 0 Å². The highest BCUT2D eigenvalue weighted by Gasteiger charge is 2.27. The lowest BCUT2D eigenvalue weighted by Gasteiger charge is -2.29. The molecule has 3 rings (SSSR count). The van der Waals surface area contributed by atoms with Gasteiger partial charge in [0, 0.05) is 39.8 Å². The molecule has 1 atom stereocenters. The first-order valence-corrected chi connectivity index (χ1v) is 7.89. The van der Waals surface area contributed by atoms with Crippen molar-refractivity contribution in [3.05, 3.63) is 11.5 Å². The van der Waals surface area contributed by atoms with Gasteiger partial charge >= 0.3 is 0 Å². The van der Waals surface area contributed by atoms with Gasteiger partial charge in [-0.3, -0.25) is 4.90 Å². The average Bonchev–Trinajstić information content (AvgIpc) is 2.96. The van der Waals surface area contributed by atoms with Crippen molar-refractivity contribution < 1.29 is 4.74 Å². The molecule has 2 fully saturated rings. The molecule has 3 heterocycles. The second kappa shape index (κ2) is 6.77. The Balaban J connectivity index is 1.62. The van der Waals surface area contributed by atoms with E-state index in [1.807, 2.05) is 7.05 Å². The SMILES string of the molecule is CNc1c(Cl)ncnc1N1CCC(CN2CCOCC2)C1. The minimum Gasteiger partial charge on any atom is -0.383 e. The van der Waals surface area contributed by atoms with Crippen LogP contribution in [0, 0.1) is 5.92 Å². The van der Waals surface area contributed by atoms with Crippen molar-refractivity contribution in [1.82, 2.24) is 14.9 Å². The van der Waals surface area contributed by atoms with Crippen LogP contribution in [0.25, 0.3) is 0 Å². The number of anilines is 2. The molecule has 1 aromatic heterocycles. The fraction of sp³-hybridized carbons (Fsp3) is 0.714. The monoisotopic (exact) mass is 311 g/mol. The van der Waals surface area contributed by atoms with E-state index >= 15 is 0 Å². The molecule has 2 aliphatic heterocycles. The van der Waals surface area contributed by atoms with E-state index in [-0.39, 0.29) is 0 Å². The number of nitrogens with zero attached hydrogens (tertiary/aromatic N) is 4. The Kier molecular flexibility index (Phi) is 4.77. The fourth-order valence-corrected chi connectivity index (χ4v) is 3.36. The molecule has 116 valence electrons. The van der Waals surface area contributed by atoms with Gasteiger partial charge in [0.15, 0.2) is 11.0 Å². The number of morpholine rings is 1. The van der Waals surface area contributed by atoms with Crippen molar-refractivity contribution >= 4 is 23.1 Å². The molecule has 0 amide bonds. The zero-order valence-electron chi connectivity index (χ0n) is 12.4. The van der Waals surface area contributed by atoms with Gasteiger partial charge < -0.3 is 15.0 Å². The number of rotatable bonds is 4. The summed E-state index contributed by atoms with van der Waals surface area (Å²) in [6, 6.07) is 0. The number of ether oxygens (including phenoxy) is 1. The second-order valence-corrected chi connectivity index (χ2v) is 5.98. The van der Waals surface area contributed by atoms with Gasteiger partial charge in [0.1, 0.15) is 12.0 Å². The number of nitrogens with one attached hydrogen (secondary N) is 1. The topological polar surface area (TPSA) is 53.5 Å². The summed E-state index contributed by atoms with van der Waals surface area (Å²) >= 11 is 6.14. The molecular formula is C14H22ClN5O. The van der Waals surface area contributed by atoms with Gasteiger partial charge in [0.25, 0.3) is 0 Å². The summed E-state index contributed by atoms with van der Waals surface area (Å²) < 4.78 is 5.41. The molecule has 7 heteroatoms. The second-order valence-electron chi connectivity index (χ2n) is 5.63. The van der Waals surface area contributed by atoms with E-state index in [2.05, 4.69) is 25.1 Å². The van der Waals surface area contributed by atoms with Crippen LogP contribution in [-0.4, -0.2) is 67.9 Å². The Hall–Kier alpha value is -1.11.